The van der Waals surface area contributed by atoms with Gasteiger partial charge in [0.2, 0.25) is 18.0 Å². The number of halogens is 3. The fourth-order valence-corrected chi connectivity index (χ4v) is 5.18. The predicted molar refractivity (Wildman–Crippen MR) is 150 cm³/mol. The van der Waals surface area contributed by atoms with Gasteiger partial charge in [-0.25, -0.2) is 0 Å². The number of aromatic nitrogens is 2. The zero-order valence-corrected chi connectivity index (χ0v) is 23.7. The minimum absolute atomic E-state index is 0.0986. The van der Waals surface area contributed by atoms with Gasteiger partial charge in [-0.1, -0.05) is 28.9 Å². The van der Waals surface area contributed by atoms with Crippen LogP contribution in [0.4, 0.5) is 35.2 Å². The summed E-state index contributed by atoms with van der Waals surface area (Å²) >= 11 is 0. The van der Waals surface area contributed by atoms with Gasteiger partial charge < -0.3 is 30.5 Å². The van der Waals surface area contributed by atoms with Crippen LogP contribution in [0.25, 0.3) is 5.32 Å². The summed E-state index contributed by atoms with van der Waals surface area (Å²) in [6.45, 7) is 1.01. The Kier molecular flexibility index (Phi) is 10.0. The van der Waals surface area contributed by atoms with Gasteiger partial charge in [-0.2, -0.15) is 13.2 Å². The number of benzene rings is 2. The van der Waals surface area contributed by atoms with E-state index in [0.717, 1.165) is 44.4 Å². The Morgan fingerprint density at radius 2 is 1.67 bits per heavy atom. The highest BCUT2D eigenvalue weighted by molar-refractivity contribution is 6.04. The van der Waals surface area contributed by atoms with Crippen molar-refractivity contribution in [3.8, 4) is 0 Å². The molecule has 3 amide bonds. The maximum atomic E-state index is 13.6. The highest BCUT2D eigenvalue weighted by Gasteiger charge is 2.32. The van der Waals surface area contributed by atoms with Crippen molar-refractivity contribution in [1.29, 1.82) is 0 Å². The van der Waals surface area contributed by atoms with Crippen LogP contribution in [0, 0.1) is 5.92 Å². The molecule has 11 nitrogen and oxygen atoms in total. The molecule has 0 saturated heterocycles. The average molecular weight is 603 g/mol. The Labute approximate surface area is 246 Å². The maximum Gasteiger partial charge on any atom is 0.416 e. The normalized spacial score (nSPS) is 17.0. The molecule has 230 valence electrons. The minimum atomic E-state index is -4.76. The number of carbonyl (C=O) groups excluding carboxylic acids is 2. The number of nitrogens with zero attached hydrogens (tertiary/aromatic N) is 4. The van der Waals surface area contributed by atoms with Crippen LogP contribution in [0.2, 0.25) is 0 Å². The summed E-state index contributed by atoms with van der Waals surface area (Å²) in [5.41, 5.74) is -0.559. The van der Waals surface area contributed by atoms with Crippen molar-refractivity contribution in [2.24, 2.45) is 5.92 Å². The smallest absolute Gasteiger partial charge is 0.416 e. The number of alkyl halides is 3. The lowest BCUT2D eigenvalue weighted by atomic mass is 9.86. The SMILES string of the molecule is CN(C)CC1CCC([n+]2cc([N-]C(=O)Nc3cc(NC(=O)Cc4cccc(CC(=O)O)c4)cc(C(F)(F)F)c3)on2)CC1. The third kappa shape index (κ3) is 9.53. The van der Waals surface area contributed by atoms with Gasteiger partial charge in [0.15, 0.2) is 17.3 Å². The van der Waals surface area contributed by atoms with E-state index in [9.17, 15) is 27.6 Å². The van der Waals surface area contributed by atoms with Gasteiger partial charge in [-0.05, 0) is 67.9 Å². The molecule has 1 heterocycles. The molecule has 0 spiro atoms. The van der Waals surface area contributed by atoms with Crippen LogP contribution in [0.5, 0.6) is 0 Å². The summed E-state index contributed by atoms with van der Waals surface area (Å²) in [5, 5.41) is 21.4. The quantitative estimate of drug-likeness (QED) is 0.267. The Balaban J connectivity index is 1.38. The molecular formula is C29H33F3N6O5. The number of aliphatic carboxylic acids is 1. The number of carboxylic acid groups (broad SMARTS) is 1. The standard InChI is InChI=1S/C29H33F3N6O5/c1-37(2)16-18-6-8-24(9-7-18)38-17-26(43-36-38)35-28(42)34-23-14-21(29(30,31)32)13-22(15-23)33-25(39)11-19-4-3-5-20(10-19)12-27(40)41/h3-5,10,13-15,17-18,24H,6-9,11-12,16H2,1-2H3,(H3-,33,34,35,36,39,40,41,42). The van der Waals surface area contributed by atoms with Crippen LogP contribution in [-0.2, 0) is 28.6 Å². The topological polar surface area (TPSA) is 143 Å². The molecule has 1 fully saturated rings. The molecule has 0 aliphatic heterocycles. The molecule has 43 heavy (non-hydrogen) atoms. The summed E-state index contributed by atoms with van der Waals surface area (Å²) in [6, 6.07) is 8.10. The highest BCUT2D eigenvalue weighted by Crippen LogP contribution is 2.34. The summed E-state index contributed by atoms with van der Waals surface area (Å²) in [4.78, 5) is 38.3. The lowest BCUT2D eigenvalue weighted by Gasteiger charge is -2.26. The fraction of sp³-hybridized carbons (Fsp3) is 0.414. The number of amides is 3. The van der Waals surface area contributed by atoms with Crippen LogP contribution in [0.3, 0.4) is 0 Å². The zero-order valence-electron chi connectivity index (χ0n) is 23.7. The molecule has 0 unspecified atom stereocenters. The van der Waals surface area contributed by atoms with E-state index in [-0.39, 0.29) is 36.1 Å². The first kappa shape index (κ1) is 31.5. The van der Waals surface area contributed by atoms with Gasteiger partial charge >= 0.3 is 12.1 Å². The third-order valence-electron chi connectivity index (χ3n) is 7.00. The molecule has 4 rings (SSSR count). The van der Waals surface area contributed by atoms with E-state index in [2.05, 4.69) is 26.1 Å². The number of urea groups is 1. The number of hydrogen-bond acceptors (Lipinski definition) is 6. The summed E-state index contributed by atoms with van der Waals surface area (Å²) in [5.74, 6) is -1.16. The second kappa shape index (κ2) is 13.7. The van der Waals surface area contributed by atoms with Gasteiger partial charge in [0, 0.05) is 25.1 Å². The van der Waals surface area contributed by atoms with Crippen LogP contribution in [-0.4, -0.2) is 53.8 Å². The highest BCUT2D eigenvalue weighted by atomic mass is 19.4. The first-order valence-corrected chi connectivity index (χ1v) is 13.7. The third-order valence-corrected chi connectivity index (χ3v) is 7.00. The monoisotopic (exact) mass is 602 g/mol. The van der Waals surface area contributed by atoms with Gasteiger partial charge in [0.05, 0.1) is 18.4 Å². The van der Waals surface area contributed by atoms with E-state index in [1.807, 2.05) is 14.1 Å². The average Bonchev–Trinajstić information content (AvgIpc) is 3.36. The van der Waals surface area contributed by atoms with E-state index < -0.39 is 29.6 Å². The van der Waals surface area contributed by atoms with Gasteiger partial charge in [0.25, 0.3) is 0 Å². The molecule has 2 aromatic carbocycles. The minimum Gasteiger partial charge on any atom is -0.481 e. The van der Waals surface area contributed by atoms with Crippen LogP contribution in [0.15, 0.2) is 53.2 Å². The Hall–Kier alpha value is -4.46. The number of rotatable bonds is 10. The van der Waals surface area contributed by atoms with E-state index in [0.29, 0.717) is 17.0 Å². The van der Waals surface area contributed by atoms with Gasteiger partial charge in [-0.3, -0.25) is 14.4 Å². The summed E-state index contributed by atoms with van der Waals surface area (Å²) in [6.07, 6.45) is 0.140. The zero-order chi connectivity index (χ0) is 31.1. The first-order valence-electron chi connectivity index (χ1n) is 13.7. The number of carboxylic acids is 1. The van der Waals surface area contributed by atoms with Crippen LogP contribution >= 0.6 is 0 Å². The van der Waals surface area contributed by atoms with Crippen molar-refractivity contribution >= 4 is 35.2 Å². The molecule has 0 atom stereocenters. The van der Waals surface area contributed by atoms with E-state index in [1.165, 1.54) is 18.3 Å². The summed E-state index contributed by atoms with van der Waals surface area (Å²) in [7, 11) is 4.09. The van der Waals surface area contributed by atoms with Crippen molar-refractivity contribution in [3.63, 3.8) is 0 Å². The van der Waals surface area contributed by atoms with Crippen LogP contribution < -0.4 is 15.3 Å². The Bertz CT molecular complexity index is 1450. The molecule has 3 aromatic rings. The van der Waals surface area contributed by atoms with Gasteiger partial charge in [-0.15, -0.1) is 0 Å². The number of anilines is 2. The van der Waals surface area contributed by atoms with Crippen molar-refractivity contribution in [3.05, 3.63) is 70.7 Å². The second-order valence-corrected chi connectivity index (χ2v) is 10.9. The molecule has 3 N–H and O–H groups in total. The number of carbonyl (C=O) groups is 3. The van der Waals surface area contributed by atoms with E-state index in [4.69, 9.17) is 9.63 Å². The van der Waals surface area contributed by atoms with Crippen molar-refractivity contribution in [2.45, 2.75) is 50.7 Å². The second-order valence-electron chi connectivity index (χ2n) is 10.9. The molecule has 1 aliphatic carbocycles. The maximum absolute atomic E-state index is 13.6. The van der Waals surface area contributed by atoms with Crippen molar-refractivity contribution in [2.75, 3.05) is 31.3 Å². The predicted octanol–water partition coefficient (Wildman–Crippen LogP) is 5.32. The molecule has 1 saturated carbocycles. The molecule has 14 heteroatoms. The Morgan fingerprint density at radius 3 is 2.30 bits per heavy atom. The fourth-order valence-electron chi connectivity index (χ4n) is 5.18. The molecule has 0 radical (unpaired) electrons. The first-order chi connectivity index (χ1) is 20.3. The Morgan fingerprint density at radius 1 is 1.02 bits per heavy atom. The summed E-state index contributed by atoms with van der Waals surface area (Å²) < 4.78 is 47.6. The lowest BCUT2D eigenvalue weighted by molar-refractivity contribution is -0.787. The lowest BCUT2D eigenvalue weighted by Crippen LogP contribution is -2.43. The molecule has 0 bridgehead atoms. The van der Waals surface area contributed by atoms with E-state index in [1.54, 1.807) is 22.9 Å². The molecular weight excluding hydrogens is 569 g/mol. The van der Waals surface area contributed by atoms with Crippen molar-refractivity contribution in [1.82, 2.24) is 10.2 Å². The van der Waals surface area contributed by atoms with Crippen LogP contribution in [0.1, 0.15) is 48.4 Å². The molecule has 1 aromatic heterocycles. The number of nitrogens with one attached hydrogen (secondary N) is 2. The number of hydrogen-bond donors (Lipinski definition) is 3. The van der Waals surface area contributed by atoms with Gasteiger partial charge in [0.1, 0.15) is 0 Å². The molecule has 1 aliphatic rings. The van der Waals surface area contributed by atoms with E-state index >= 15 is 0 Å². The largest absolute Gasteiger partial charge is 0.481 e. The van der Waals surface area contributed by atoms with Crippen molar-refractivity contribution < 1.29 is 41.9 Å².